The first-order valence-electron chi connectivity index (χ1n) is 9.03. The number of carbonyl (C=O) groups is 2. The molecule has 1 atom stereocenters. The molecular weight excluding hydrogens is 438 g/mol. The van der Waals surface area contributed by atoms with E-state index in [1.807, 2.05) is 0 Å². The second-order valence-electron chi connectivity index (χ2n) is 6.49. The van der Waals surface area contributed by atoms with Crippen molar-refractivity contribution >= 4 is 50.7 Å². The Morgan fingerprint density at radius 3 is 2.83 bits per heavy atom. The van der Waals surface area contributed by atoms with Crippen LogP contribution >= 0.6 is 22.9 Å². The van der Waals surface area contributed by atoms with E-state index < -0.39 is 29.6 Å². The predicted molar refractivity (Wildman–Crippen MR) is 108 cm³/mol. The number of benzene rings is 2. The summed E-state index contributed by atoms with van der Waals surface area (Å²) in [5, 5.41) is 0.860. The topological polar surface area (TPSA) is 68.7 Å². The molecule has 6 nitrogen and oxygen atoms in total. The molecule has 0 fully saturated rings. The first-order valence-corrected chi connectivity index (χ1v) is 10.2. The van der Waals surface area contributed by atoms with Gasteiger partial charge in [0.2, 0.25) is 0 Å². The van der Waals surface area contributed by atoms with Gasteiger partial charge in [-0.2, -0.15) is 0 Å². The van der Waals surface area contributed by atoms with Crippen molar-refractivity contribution in [3.8, 4) is 5.75 Å². The van der Waals surface area contributed by atoms with Crippen molar-refractivity contribution in [1.82, 2.24) is 4.98 Å². The lowest BCUT2D eigenvalue weighted by Crippen LogP contribution is -2.46. The van der Waals surface area contributed by atoms with E-state index >= 15 is 0 Å². The van der Waals surface area contributed by atoms with Gasteiger partial charge >= 0.3 is 5.97 Å². The Morgan fingerprint density at radius 1 is 1.30 bits per heavy atom. The van der Waals surface area contributed by atoms with E-state index in [-0.39, 0.29) is 19.6 Å². The van der Waals surface area contributed by atoms with E-state index in [1.54, 1.807) is 25.1 Å². The number of carbonyl (C=O) groups excluding carboxylic acids is 2. The summed E-state index contributed by atoms with van der Waals surface area (Å²) in [6.07, 6.45) is -1.32. The molecule has 0 spiro atoms. The van der Waals surface area contributed by atoms with E-state index in [0.29, 0.717) is 31.7 Å². The number of ether oxygens (including phenoxy) is 2. The molecule has 156 valence electrons. The van der Waals surface area contributed by atoms with Gasteiger partial charge in [-0.25, -0.2) is 13.8 Å². The standard InChI is InChI=1S/C20H15ClF2N2O4S/c1-2-28-19(26)8-16-20(27)25(14-5-10(21)3-4-15(14)29-16)9-18-24-13-6-11(22)12(23)7-17(13)30-18/h3-7,16H,2,8-9H2,1H3. The van der Waals surface area contributed by atoms with Crippen LogP contribution in [0, 0.1) is 11.6 Å². The zero-order valence-corrected chi connectivity index (χ0v) is 17.2. The van der Waals surface area contributed by atoms with Crippen molar-refractivity contribution in [3.63, 3.8) is 0 Å². The van der Waals surface area contributed by atoms with Gasteiger partial charge in [-0.15, -0.1) is 11.3 Å². The Balaban J connectivity index is 1.68. The fraction of sp³-hybridized carbons (Fsp3) is 0.250. The van der Waals surface area contributed by atoms with Crippen LogP contribution in [0.4, 0.5) is 14.5 Å². The molecule has 1 aromatic heterocycles. The van der Waals surface area contributed by atoms with E-state index in [0.717, 1.165) is 23.5 Å². The third kappa shape index (κ3) is 3.95. The number of nitrogens with zero attached hydrogens (tertiary/aromatic N) is 2. The van der Waals surface area contributed by atoms with Crippen molar-refractivity contribution in [2.24, 2.45) is 0 Å². The zero-order valence-electron chi connectivity index (χ0n) is 15.7. The van der Waals surface area contributed by atoms with Crippen LogP contribution in [0.1, 0.15) is 18.4 Å². The average molecular weight is 453 g/mol. The number of thiazole rings is 1. The molecule has 0 bridgehead atoms. The van der Waals surface area contributed by atoms with E-state index in [1.165, 1.54) is 4.90 Å². The molecule has 2 aromatic carbocycles. The van der Waals surface area contributed by atoms with Crippen molar-refractivity contribution in [2.45, 2.75) is 26.0 Å². The summed E-state index contributed by atoms with van der Waals surface area (Å²) in [6.45, 7) is 1.88. The molecule has 0 aliphatic carbocycles. The lowest BCUT2D eigenvalue weighted by Gasteiger charge is -2.33. The Bertz CT molecular complexity index is 1110. The maximum Gasteiger partial charge on any atom is 0.310 e. The number of fused-ring (bicyclic) bond motifs is 2. The number of aromatic nitrogens is 1. The van der Waals surface area contributed by atoms with Gasteiger partial charge in [0.05, 0.1) is 35.5 Å². The van der Waals surface area contributed by atoms with Crippen LogP contribution in [-0.2, 0) is 20.9 Å². The Hall–Kier alpha value is -2.78. The summed E-state index contributed by atoms with van der Waals surface area (Å²) in [7, 11) is 0. The molecule has 1 aliphatic rings. The fourth-order valence-electron chi connectivity index (χ4n) is 3.13. The Morgan fingerprint density at radius 2 is 2.07 bits per heavy atom. The van der Waals surface area contributed by atoms with Crippen molar-refractivity contribution in [1.29, 1.82) is 0 Å². The highest BCUT2D eigenvalue weighted by Crippen LogP contribution is 2.38. The molecule has 3 aromatic rings. The number of hydrogen-bond donors (Lipinski definition) is 0. The normalized spacial score (nSPS) is 15.8. The van der Waals surface area contributed by atoms with Crippen LogP contribution in [0.5, 0.6) is 5.75 Å². The van der Waals surface area contributed by atoms with Crippen LogP contribution < -0.4 is 9.64 Å². The largest absolute Gasteiger partial charge is 0.478 e. The third-order valence-electron chi connectivity index (χ3n) is 4.45. The molecule has 1 aliphatic heterocycles. The molecule has 0 saturated heterocycles. The van der Waals surface area contributed by atoms with Crippen molar-refractivity contribution in [3.05, 3.63) is 52.0 Å². The second-order valence-corrected chi connectivity index (χ2v) is 8.05. The number of amides is 1. The summed E-state index contributed by atoms with van der Waals surface area (Å²) in [4.78, 5) is 30.7. The van der Waals surface area contributed by atoms with Crippen LogP contribution in [0.15, 0.2) is 30.3 Å². The molecular formula is C20H15ClF2N2O4S. The van der Waals surface area contributed by atoms with Gasteiger partial charge in [-0.3, -0.25) is 14.5 Å². The zero-order chi connectivity index (χ0) is 21.4. The molecule has 30 heavy (non-hydrogen) atoms. The molecule has 0 radical (unpaired) electrons. The highest BCUT2D eigenvalue weighted by Gasteiger charge is 2.37. The van der Waals surface area contributed by atoms with Crippen LogP contribution in [-0.4, -0.2) is 29.6 Å². The van der Waals surface area contributed by atoms with Gasteiger partial charge in [-0.1, -0.05) is 11.6 Å². The number of esters is 1. The maximum atomic E-state index is 13.5. The number of hydrogen-bond acceptors (Lipinski definition) is 6. The Kier molecular flexibility index (Phi) is 5.57. The van der Waals surface area contributed by atoms with Crippen LogP contribution in [0.3, 0.4) is 0 Å². The van der Waals surface area contributed by atoms with Gasteiger partial charge in [0.15, 0.2) is 17.7 Å². The van der Waals surface area contributed by atoms with Gasteiger partial charge in [0.25, 0.3) is 5.91 Å². The first-order chi connectivity index (χ1) is 14.4. The number of anilines is 1. The minimum Gasteiger partial charge on any atom is -0.478 e. The van der Waals surface area contributed by atoms with Gasteiger partial charge in [-0.05, 0) is 31.2 Å². The molecule has 4 rings (SSSR count). The van der Waals surface area contributed by atoms with Gasteiger partial charge in [0.1, 0.15) is 10.8 Å². The smallest absolute Gasteiger partial charge is 0.310 e. The van der Waals surface area contributed by atoms with Gasteiger partial charge < -0.3 is 9.47 Å². The summed E-state index contributed by atoms with van der Waals surface area (Å²) in [5.41, 5.74) is 0.716. The Labute approximate surface area is 179 Å². The third-order valence-corrected chi connectivity index (χ3v) is 5.69. The molecule has 0 N–H and O–H groups in total. The quantitative estimate of drug-likeness (QED) is 0.534. The minimum atomic E-state index is -1.07. The highest BCUT2D eigenvalue weighted by atomic mass is 35.5. The summed E-state index contributed by atoms with van der Waals surface area (Å²) < 4.78 is 38.1. The monoisotopic (exact) mass is 452 g/mol. The van der Waals surface area contributed by atoms with E-state index in [9.17, 15) is 18.4 Å². The summed E-state index contributed by atoms with van der Waals surface area (Å²) in [6, 6.07) is 6.88. The van der Waals surface area contributed by atoms with E-state index in [4.69, 9.17) is 21.1 Å². The lowest BCUT2D eigenvalue weighted by molar-refractivity contribution is -0.147. The summed E-state index contributed by atoms with van der Waals surface area (Å²) >= 11 is 7.23. The number of rotatable bonds is 5. The molecule has 1 unspecified atom stereocenters. The van der Waals surface area contributed by atoms with Crippen LogP contribution in [0.2, 0.25) is 5.02 Å². The average Bonchev–Trinajstić information content (AvgIpc) is 3.07. The lowest BCUT2D eigenvalue weighted by atomic mass is 10.1. The second kappa shape index (κ2) is 8.16. The van der Waals surface area contributed by atoms with Crippen molar-refractivity contribution in [2.75, 3.05) is 11.5 Å². The summed E-state index contributed by atoms with van der Waals surface area (Å²) in [5.74, 6) is -2.60. The van der Waals surface area contributed by atoms with Crippen molar-refractivity contribution < 1.29 is 27.8 Å². The maximum absolute atomic E-state index is 13.5. The number of halogens is 3. The van der Waals surface area contributed by atoms with Crippen LogP contribution in [0.25, 0.3) is 10.2 Å². The molecule has 0 saturated carbocycles. The first kappa shape index (κ1) is 20.5. The molecule has 2 heterocycles. The van der Waals surface area contributed by atoms with Gasteiger partial charge in [0, 0.05) is 11.1 Å². The fourth-order valence-corrected chi connectivity index (χ4v) is 4.26. The van der Waals surface area contributed by atoms with E-state index in [2.05, 4.69) is 4.98 Å². The highest BCUT2D eigenvalue weighted by molar-refractivity contribution is 7.18. The molecule has 10 heteroatoms. The predicted octanol–water partition coefficient (Wildman–Crippen LogP) is 4.48. The molecule has 1 amide bonds. The SMILES string of the molecule is CCOC(=O)CC1Oc2ccc(Cl)cc2N(Cc2nc3cc(F)c(F)cc3s2)C1=O. The minimum absolute atomic E-state index is 0.0252.